The summed E-state index contributed by atoms with van der Waals surface area (Å²) >= 11 is 0. The van der Waals surface area contributed by atoms with Crippen molar-refractivity contribution >= 4 is 17.0 Å². The summed E-state index contributed by atoms with van der Waals surface area (Å²) in [5, 5.41) is 1.37. The van der Waals surface area contributed by atoms with E-state index in [2.05, 4.69) is 79.1 Å². The monoisotopic (exact) mass is 273 g/mol. The van der Waals surface area contributed by atoms with Crippen LogP contribution in [-0.4, -0.2) is 4.57 Å². The third-order valence-electron chi connectivity index (χ3n) is 4.45. The van der Waals surface area contributed by atoms with Gasteiger partial charge in [-0.3, -0.25) is 0 Å². The second kappa shape index (κ2) is 4.63. The summed E-state index contributed by atoms with van der Waals surface area (Å²) in [6.07, 6.45) is 5.75. The van der Waals surface area contributed by atoms with Crippen molar-refractivity contribution in [2.45, 2.75) is 20.3 Å². The molecule has 0 aliphatic heterocycles. The van der Waals surface area contributed by atoms with Gasteiger partial charge in [0.15, 0.2) is 0 Å². The van der Waals surface area contributed by atoms with Gasteiger partial charge in [0.05, 0.1) is 5.52 Å². The highest BCUT2D eigenvalue weighted by atomic mass is 15.0. The summed E-state index contributed by atoms with van der Waals surface area (Å²) in [4.78, 5) is 0. The molecule has 2 aromatic carbocycles. The Morgan fingerprint density at radius 2 is 1.81 bits per heavy atom. The molecule has 0 saturated carbocycles. The van der Waals surface area contributed by atoms with Crippen LogP contribution < -0.4 is 0 Å². The molecule has 3 aromatic rings. The molecule has 1 aliphatic carbocycles. The van der Waals surface area contributed by atoms with E-state index in [1.165, 1.54) is 33.4 Å². The average molecular weight is 273 g/mol. The van der Waals surface area contributed by atoms with E-state index in [1.807, 2.05) is 0 Å². The smallest absolute Gasteiger partial charge is 0.0566 e. The first-order valence-corrected chi connectivity index (χ1v) is 7.62. The van der Waals surface area contributed by atoms with E-state index in [4.69, 9.17) is 0 Å². The van der Waals surface area contributed by atoms with Gasteiger partial charge in [-0.1, -0.05) is 55.5 Å². The Bertz CT molecular complexity index is 837. The highest BCUT2D eigenvalue weighted by molar-refractivity contribution is 5.95. The quantitative estimate of drug-likeness (QED) is 0.578. The van der Waals surface area contributed by atoms with E-state index in [-0.39, 0.29) is 0 Å². The number of para-hydroxylation sites is 2. The second-order valence-corrected chi connectivity index (χ2v) is 6.04. The summed E-state index contributed by atoms with van der Waals surface area (Å²) in [5.74, 6) is 0.601. The molecule has 0 spiro atoms. The summed E-state index contributed by atoms with van der Waals surface area (Å²) in [6, 6.07) is 17.4. The number of rotatable bonds is 1. The summed E-state index contributed by atoms with van der Waals surface area (Å²) in [5.41, 5.74) is 6.80. The van der Waals surface area contributed by atoms with Gasteiger partial charge in [-0.2, -0.15) is 0 Å². The Morgan fingerprint density at radius 3 is 2.62 bits per heavy atom. The first-order valence-electron chi connectivity index (χ1n) is 7.62. The van der Waals surface area contributed by atoms with Gasteiger partial charge in [0.1, 0.15) is 0 Å². The fourth-order valence-electron chi connectivity index (χ4n) is 3.47. The fraction of sp³-hybridized carbons (Fsp3) is 0.200. The third kappa shape index (κ3) is 1.84. The molecule has 1 heterocycles. The average Bonchev–Trinajstić information content (AvgIpc) is 2.83. The van der Waals surface area contributed by atoms with Gasteiger partial charge in [0.25, 0.3) is 0 Å². The van der Waals surface area contributed by atoms with Gasteiger partial charge in [0.2, 0.25) is 0 Å². The molecule has 21 heavy (non-hydrogen) atoms. The summed E-state index contributed by atoms with van der Waals surface area (Å²) in [7, 11) is 0. The molecule has 0 fully saturated rings. The molecule has 104 valence electrons. The molecule has 0 amide bonds. The Balaban J connectivity index is 2.14. The van der Waals surface area contributed by atoms with Gasteiger partial charge in [0, 0.05) is 22.3 Å². The molecule has 4 rings (SSSR count). The fourth-order valence-corrected chi connectivity index (χ4v) is 3.47. The standard InChI is InChI=1S/C20H19N/c1-14-11-12-17-18-10-6-7-15(2)20(18)21(19(17)13-14)16-8-4-3-5-9-16/h3-12,14H,13H2,1-2H3. The maximum absolute atomic E-state index is 2.46. The maximum atomic E-state index is 2.46. The molecule has 1 aromatic heterocycles. The van der Waals surface area contributed by atoms with Crippen LogP contribution in [0.2, 0.25) is 0 Å². The van der Waals surface area contributed by atoms with Crippen molar-refractivity contribution in [2.75, 3.05) is 0 Å². The van der Waals surface area contributed by atoms with Gasteiger partial charge in [-0.25, -0.2) is 0 Å². The lowest BCUT2D eigenvalue weighted by Crippen LogP contribution is -2.08. The van der Waals surface area contributed by atoms with Crippen LogP contribution in [0.1, 0.15) is 23.7 Å². The highest BCUT2D eigenvalue weighted by Crippen LogP contribution is 2.36. The Kier molecular flexibility index (Phi) is 2.75. The molecule has 1 heteroatoms. The zero-order valence-corrected chi connectivity index (χ0v) is 12.5. The zero-order chi connectivity index (χ0) is 14.4. The minimum atomic E-state index is 0.601. The van der Waals surface area contributed by atoms with Crippen LogP contribution in [0.15, 0.2) is 54.6 Å². The predicted octanol–water partition coefficient (Wildman–Crippen LogP) is 5.14. The summed E-state index contributed by atoms with van der Waals surface area (Å²) < 4.78 is 2.46. The number of hydrogen-bond donors (Lipinski definition) is 0. The Morgan fingerprint density at radius 1 is 1.00 bits per heavy atom. The third-order valence-corrected chi connectivity index (χ3v) is 4.45. The molecule has 0 N–H and O–H groups in total. The first kappa shape index (κ1) is 12.5. The number of nitrogens with zero attached hydrogens (tertiary/aromatic N) is 1. The van der Waals surface area contributed by atoms with Crippen molar-refractivity contribution in [3.8, 4) is 5.69 Å². The number of fused-ring (bicyclic) bond motifs is 3. The molecule has 1 atom stereocenters. The topological polar surface area (TPSA) is 4.93 Å². The Hall–Kier alpha value is -2.28. The van der Waals surface area contributed by atoms with Crippen molar-refractivity contribution in [2.24, 2.45) is 5.92 Å². The van der Waals surface area contributed by atoms with Gasteiger partial charge in [-0.05, 0) is 37.0 Å². The van der Waals surface area contributed by atoms with Crippen LogP contribution in [0.5, 0.6) is 0 Å². The van der Waals surface area contributed by atoms with Gasteiger partial charge in [-0.15, -0.1) is 0 Å². The van der Waals surface area contributed by atoms with E-state index in [0.717, 1.165) is 6.42 Å². The number of benzene rings is 2. The van der Waals surface area contributed by atoms with Crippen LogP contribution in [-0.2, 0) is 6.42 Å². The molecule has 1 unspecified atom stereocenters. The molecule has 1 aliphatic rings. The first-order chi connectivity index (χ1) is 10.3. The number of hydrogen-bond acceptors (Lipinski definition) is 0. The van der Waals surface area contributed by atoms with Crippen LogP contribution in [0, 0.1) is 12.8 Å². The molecule has 1 nitrogen and oxygen atoms in total. The SMILES string of the molecule is Cc1cccc2c3c(n(-c4ccccc4)c12)CC(C)C=C3. The van der Waals surface area contributed by atoms with E-state index >= 15 is 0 Å². The van der Waals surface area contributed by atoms with Crippen LogP contribution in [0.3, 0.4) is 0 Å². The number of aromatic nitrogens is 1. The molecular weight excluding hydrogens is 254 g/mol. The van der Waals surface area contributed by atoms with Crippen molar-refractivity contribution in [3.63, 3.8) is 0 Å². The van der Waals surface area contributed by atoms with Crippen molar-refractivity contribution in [1.29, 1.82) is 0 Å². The normalized spacial score (nSPS) is 17.1. The molecule has 0 radical (unpaired) electrons. The summed E-state index contributed by atoms with van der Waals surface area (Å²) in [6.45, 7) is 4.50. The number of allylic oxidation sites excluding steroid dienone is 1. The predicted molar refractivity (Wildman–Crippen MR) is 89.9 cm³/mol. The number of aryl methyl sites for hydroxylation is 1. The van der Waals surface area contributed by atoms with Gasteiger partial charge >= 0.3 is 0 Å². The van der Waals surface area contributed by atoms with Crippen molar-refractivity contribution < 1.29 is 0 Å². The maximum Gasteiger partial charge on any atom is 0.0566 e. The lowest BCUT2D eigenvalue weighted by Gasteiger charge is -2.17. The van der Waals surface area contributed by atoms with E-state index in [0.29, 0.717) is 5.92 Å². The van der Waals surface area contributed by atoms with Crippen LogP contribution in [0.25, 0.3) is 22.7 Å². The van der Waals surface area contributed by atoms with Crippen LogP contribution in [0.4, 0.5) is 0 Å². The van der Waals surface area contributed by atoms with E-state index in [9.17, 15) is 0 Å². The molecular formula is C20H19N. The van der Waals surface area contributed by atoms with Gasteiger partial charge < -0.3 is 4.57 Å². The minimum absolute atomic E-state index is 0.601. The highest BCUT2D eigenvalue weighted by Gasteiger charge is 2.21. The van der Waals surface area contributed by atoms with E-state index in [1.54, 1.807) is 0 Å². The minimum Gasteiger partial charge on any atom is -0.313 e. The second-order valence-electron chi connectivity index (χ2n) is 6.04. The molecule has 0 bridgehead atoms. The largest absolute Gasteiger partial charge is 0.313 e. The zero-order valence-electron chi connectivity index (χ0n) is 12.5. The van der Waals surface area contributed by atoms with E-state index < -0.39 is 0 Å². The lowest BCUT2D eigenvalue weighted by molar-refractivity contribution is 0.690. The Labute approximate surface area is 125 Å². The lowest BCUT2D eigenvalue weighted by atomic mass is 9.94. The van der Waals surface area contributed by atoms with Crippen molar-refractivity contribution in [3.05, 3.63) is 71.4 Å². The van der Waals surface area contributed by atoms with Crippen LogP contribution >= 0.6 is 0 Å². The van der Waals surface area contributed by atoms with Crippen molar-refractivity contribution in [1.82, 2.24) is 4.57 Å². The molecule has 0 saturated heterocycles.